The van der Waals surface area contributed by atoms with Crippen molar-refractivity contribution in [2.75, 3.05) is 11.9 Å². The Morgan fingerprint density at radius 1 is 1.12 bits per heavy atom. The molecule has 1 aliphatic heterocycles. The van der Waals surface area contributed by atoms with Crippen LogP contribution in [0, 0.1) is 6.92 Å². The summed E-state index contributed by atoms with van der Waals surface area (Å²) in [5.74, 6) is 1.11. The van der Waals surface area contributed by atoms with Crippen LogP contribution in [0.5, 0.6) is 0 Å². The largest absolute Gasteiger partial charge is 0.370 e. The first-order valence-electron chi connectivity index (χ1n) is 8.52. The van der Waals surface area contributed by atoms with Gasteiger partial charge in [-0.2, -0.15) is 5.10 Å². The maximum Gasteiger partial charge on any atom is 0.133 e. The van der Waals surface area contributed by atoms with Gasteiger partial charge in [-0.1, -0.05) is 39.7 Å². The summed E-state index contributed by atoms with van der Waals surface area (Å²) in [6.07, 6.45) is 3.39. The molecule has 1 aromatic heterocycles. The molecule has 5 heteroatoms. The van der Waals surface area contributed by atoms with E-state index < -0.39 is 0 Å². The Hall–Kier alpha value is -1.78. The second kappa shape index (κ2) is 6.85. The lowest BCUT2D eigenvalue weighted by molar-refractivity contribution is 0.779. The van der Waals surface area contributed by atoms with Gasteiger partial charge in [0.15, 0.2) is 0 Å². The zero-order valence-electron chi connectivity index (χ0n) is 14.0. The highest BCUT2D eigenvalue weighted by molar-refractivity contribution is 9.10. The summed E-state index contributed by atoms with van der Waals surface area (Å²) in [6, 6.07) is 14.3. The topological polar surface area (TPSA) is 29.9 Å². The van der Waals surface area contributed by atoms with Gasteiger partial charge in [0.05, 0.1) is 11.4 Å². The monoisotopic (exact) mass is 415 g/mol. The van der Waals surface area contributed by atoms with Crippen molar-refractivity contribution >= 4 is 33.3 Å². The lowest BCUT2D eigenvalue weighted by Gasteiger charge is -2.11. The van der Waals surface area contributed by atoms with Crippen LogP contribution in [0.3, 0.4) is 0 Å². The quantitative estimate of drug-likeness (QED) is 0.554. The number of benzene rings is 2. The van der Waals surface area contributed by atoms with E-state index in [9.17, 15) is 0 Å². The van der Waals surface area contributed by atoms with E-state index in [0.717, 1.165) is 50.8 Å². The molecule has 0 amide bonds. The maximum atomic E-state index is 6.14. The Labute approximate surface area is 161 Å². The fourth-order valence-corrected chi connectivity index (χ4v) is 3.86. The third-order valence-electron chi connectivity index (χ3n) is 4.63. The first-order valence-corrected chi connectivity index (χ1v) is 9.69. The molecule has 128 valence electrons. The Morgan fingerprint density at radius 2 is 1.92 bits per heavy atom. The molecular formula is C20H19BrClN3. The number of anilines is 1. The van der Waals surface area contributed by atoms with Gasteiger partial charge in [0, 0.05) is 27.2 Å². The second-order valence-corrected chi connectivity index (χ2v) is 7.76. The standard InChI is InChI=1S/C20H19BrClN3/c1-13-12-16(22)9-10-18(13)25-20-17(4-2-3-11-23-20)19(24-25)14-5-7-15(21)8-6-14/h5-10,12,23H,2-4,11H2,1H3. The first-order chi connectivity index (χ1) is 12.1. The average Bonchev–Trinajstić information content (AvgIpc) is 2.78. The fraction of sp³-hybridized carbons (Fsp3) is 0.250. The number of hydrogen-bond donors (Lipinski definition) is 1. The number of nitrogens with one attached hydrogen (secondary N) is 1. The lowest BCUT2D eigenvalue weighted by atomic mass is 10.0. The molecule has 0 unspecified atom stereocenters. The zero-order valence-corrected chi connectivity index (χ0v) is 16.4. The molecule has 4 rings (SSSR count). The molecule has 0 spiro atoms. The molecule has 0 aliphatic carbocycles. The van der Waals surface area contributed by atoms with Gasteiger partial charge in [0.2, 0.25) is 0 Å². The Morgan fingerprint density at radius 3 is 2.68 bits per heavy atom. The Balaban J connectivity index is 1.91. The van der Waals surface area contributed by atoms with Crippen molar-refractivity contribution in [3.05, 3.63) is 63.1 Å². The summed E-state index contributed by atoms with van der Waals surface area (Å²) in [4.78, 5) is 0. The van der Waals surface area contributed by atoms with E-state index in [1.807, 2.05) is 22.9 Å². The molecule has 0 atom stereocenters. The number of nitrogens with zero attached hydrogens (tertiary/aromatic N) is 2. The molecule has 2 heterocycles. The van der Waals surface area contributed by atoms with Crippen molar-refractivity contribution in [2.45, 2.75) is 26.2 Å². The highest BCUT2D eigenvalue weighted by atomic mass is 79.9. The van der Waals surface area contributed by atoms with Gasteiger partial charge in [0.25, 0.3) is 0 Å². The van der Waals surface area contributed by atoms with Crippen LogP contribution in [-0.4, -0.2) is 16.3 Å². The first kappa shape index (κ1) is 16.7. The molecule has 0 saturated carbocycles. The van der Waals surface area contributed by atoms with E-state index in [2.05, 4.69) is 52.4 Å². The van der Waals surface area contributed by atoms with Crippen LogP contribution in [0.4, 0.5) is 5.82 Å². The molecule has 25 heavy (non-hydrogen) atoms. The van der Waals surface area contributed by atoms with Crippen molar-refractivity contribution in [2.24, 2.45) is 0 Å². The van der Waals surface area contributed by atoms with Crippen molar-refractivity contribution in [1.29, 1.82) is 0 Å². The van der Waals surface area contributed by atoms with Crippen LogP contribution >= 0.6 is 27.5 Å². The van der Waals surface area contributed by atoms with Gasteiger partial charge >= 0.3 is 0 Å². The van der Waals surface area contributed by atoms with E-state index in [4.69, 9.17) is 16.7 Å². The third-order valence-corrected chi connectivity index (χ3v) is 5.40. The lowest BCUT2D eigenvalue weighted by Crippen LogP contribution is -2.08. The zero-order chi connectivity index (χ0) is 17.4. The van der Waals surface area contributed by atoms with Crippen molar-refractivity contribution in [3.8, 4) is 16.9 Å². The molecule has 1 N–H and O–H groups in total. The molecule has 1 aliphatic rings. The van der Waals surface area contributed by atoms with Gasteiger partial charge < -0.3 is 5.32 Å². The van der Waals surface area contributed by atoms with E-state index >= 15 is 0 Å². The number of rotatable bonds is 2. The average molecular weight is 417 g/mol. The van der Waals surface area contributed by atoms with Gasteiger partial charge in [-0.15, -0.1) is 0 Å². The normalized spacial score (nSPS) is 13.9. The highest BCUT2D eigenvalue weighted by Crippen LogP contribution is 2.35. The predicted molar refractivity (Wildman–Crippen MR) is 108 cm³/mol. The fourth-order valence-electron chi connectivity index (χ4n) is 3.37. The Bertz CT molecular complexity index is 915. The SMILES string of the molecule is Cc1cc(Cl)ccc1-n1nc(-c2ccc(Br)cc2)c2c1NCCCC2. The van der Waals surface area contributed by atoms with Crippen LogP contribution < -0.4 is 5.32 Å². The maximum absolute atomic E-state index is 6.14. The third kappa shape index (κ3) is 3.21. The molecule has 3 aromatic rings. The van der Waals surface area contributed by atoms with Gasteiger partial charge in [-0.3, -0.25) is 0 Å². The molecule has 3 nitrogen and oxygen atoms in total. The minimum Gasteiger partial charge on any atom is -0.370 e. The van der Waals surface area contributed by atoms with Gasteiger partial charge in [0.1, 0.15) is 5.82 Å². The van der Waals surface area contributed by atoms with Crippen molar-refractivity contribution in [3.63, 3.8) is 0 Å². The molecule has 0 bridgehead atoms. The molecule has 0 radical (unpaired) electrons. The van der Waals surface area contributed by atoms with Gasteiger partial charge in [-0.05, 0) is 62.1 Å². The summed E-state index contributed by atoms with van der Waals surface area (Å²) in [5, 5.41) is 9.33. The second-order valence-electron chi connectivity index (χ2n) is 6.41. The smallest absolute Gasteiger partial charge is 0.133 e. The molecule has 2 aromatic carbocycles. The van der Waals surface area contributed by atoms with Crippen molar-refractivity contribution in [1.82, 2.24) is 9.78 Å². The summed E-state index contributed by atoms with van der Waals surface area (Å²) >= 11 is 9.65. The van der Waals surface area contributed by atoms with Crippen LogP contribution in [0.2, 0.25) is 5.02 Å². The number of fused-ring (bicyclic) bond motifs is 1. The summed E-state index contributed by atoms with van der Waals surface area (Å²) < 4.78 is 3.12. The van der Waals surface area contributed by atoms with Crippen LogP contribution in [0.15, 0.2) is 46.9 Å². The number of aromatic nitrogens is 2. The molecule has 0 saturated heterocycles. The molecule has 0 fully saturated rings. The Kier molecular flexibility index (Phi) is 4.57. The summed E-state index contributed by atoms with van der Waals surface area (Å²) in [6.45, 7) is 3.05. The number of halogens is 2. The van der Waals surface area contributed by atoms with E-state index in [1.165, 1.54) is 18.4 Å². The number of hydrogen-bond acceptors (Lipinski definition) is 2. The summed E-state index contributed by atoms with van der Waals surface area (Å²) in [7, 11) is 0. The van der Waals surface area contributed by atoms with E-state index in [-0.39, 0.29) is 0 Å². The predicted octanol–water partition coefficient (Wildman–Crippen LogP) is 6.01. The van der Waals surface area contributed by atoms with Crippen LogP contribution in [0.1, 0.15) is 24.0 Å². The molecular weight excluding hydrogens is 398 g/mol. The minimum atomic E-state index is 0.751. The van der Waals surface area contributed by atoms with Crippen LogP contribution in [0.25, 0.3) is 16.9 Å². The van der Waals surface area contributed by atoms with Gasteiger partial charge in [-0.25, -0.2) is 4.68 Å². The van der Waals surface area contributed by atoms with Crippen molar-refractivity contribution < 1.29 is 0 Å². The summed E-state index contributed by atoms with van der Waals surface area (Å²) in [5.41, 5.74) is 5.69. The highest BCUT2D eigenvalue weighted by Gasteiger charge is 2.22. The number of aryl methyl sites for hydroxylation is 1. The van der Waals surface area contributed by atoms with E-state index in [0.29, 0.717) is 0 Å². The van der Waals surface area contributed by atoms with E-state index in [1.54, 1.807) is 0 Å². The van der Waals surface area contributed by atoms with Crippen LogP contribution in [-0.2, 0) is 6.42 Å². The minimum absolute atomic E-state index is 0.751.